The van der Waals surface area contributed by atoms with E-state index < -0.39 is 0 Å². The molecule has 4 heteroatoms. The van der Waals surface area contributed by atoms with Gasteiger partial charge < -0.3 is 14.2 Å². The lowest BCUT2D eigenvalue weighted by Gasteiger charge is -2.12. The maximum absolute atomic E-state index is 5.88. The van der Waals surface area contributed by atoms with Gasteiger partial charge in [0.15, 0.2) is 0 Å². The first-order chi connectivity index (χ1) is 8.79. The standard InChI is InChI=1S/C14H21ClO3/c1-12-5-3-6-13(11-15)14(12)18-10-9-17-8-4-7-16-2/h3,5-6H,4,7-11H2,1-2H3. The molecule has 0 bridgehead atoms. The van der Waals surface area contributed by atoms with E-state index >= 15 is 0 Å². The molecule has 0 saturated heterocycles. The lowest BCUT2D eigenvalue weighted by molar-refractivity contribution is 0.0803. The van der Waals surface area contributed by atoms with Crippen LogP contribution in [0.15, 0.2) is 18.2 Å². The monoisotopic (exact) mass is 272 g/mol. The molecule has 0 radical (unpaired) electrons. The van der Waals surface area contributed by atoms with Crippen LogP contribution in [-0.2, 0) is 15.4 Å². The second kappa shape index (κ2) is 9.20. The number of rotatable bonds is 9. The minimum absolute atomic E-state index is 0.464. The number of benzene rings is 1. The van der Waals surface area contributed by atoms with Crippen molar-refractivity contribution < 1.29 is 14.2 Å². The van der Waals surface area contributed by atoms with Crippen molar-refractivity contribution in [2.45, 2.75) is 19.2 Å². The quantitative estimate of drug-likeness (QED) is 0.510. The lowest BCUT2D eigenvalue weighted by atomic mass is 10.1. The van der Waals surface area contributed by atoms with Gasteiger partial charge in [0, 0.05) is 25.9 Å². The van der Waals surface area contributed by atoms with Crippen LogP contribution >= 0.6 is 11.6 Å². The Bertz CT molecular complexity index is 342. The number of hydrogen-bond acceptors (Lipinski definition) is 3. The summed E-state index contributed by atoms with van der Waals surface area (Å²) >= 11 is 5.88. The number of aryl methyl sites for hydroxylation is 1. The van der Waals surface area contributed by atoms with Gasteiger partial charge in [0.2, 0.25) is 0 Å². The van der Waals surface area contributed by atoms with Crippen LogP contribution in [0.25, 0.3) is 0 Å². The van der Waals surface area contributed by atoms with E-state index in [9.17, 15) is 0 Å². The Morgan fingerprint density at radius 3 is 2.67 bits per heavy atom. The van der Waals surface area contributed by atoms with Crippen molar-refractivity contribution in [2.24, 2.45) is 0 Å². The van der Waals surface area contributed by atoms with E-state index in [1.165, 1.54) is 0 Å². The summed E-state index contributed by atoms with van der Waals surface area (Å²) in [6.07, 6.45) is 0.911. The van der Waals surface area contributed by atoms with Crippen molar-refractivity contribution >= 4 is 11.6 Å². The van der Waals surface area contributed by atoms with Gasteiger partial charge in [0.05, 0.1) is 12.5 Å². The van der Waals surface area contributed by atoms with E-state index in [1.807, 2.05) is 25.1 Å². The molecule has 0 amide bonds. The summed E-state index contributed by atoms with van der Waals surface area (Å²) in [5.41, 5.74) is 2.13. The molecular weight excluding hydrogens is 252 g/mol. The first-order valence-corrected chi connectivity index (χ1v) is 6.67. The summed E-state index contributed by atoms with van der Waals surface area (Å²) in [7, 11) is 1.69. The molecule has 0 unspecified atom stereocenters. The average Bonchev–Trinajstić information content (AvgIpc) is 2.39. The van der Waals surface area contributed by atoms with Crippen LogP contribution in [0.2, 0.25) is 0 Å². The highest BCUT2D eigenvalue weighted by molar-refractivity contribution is 6.17. The molecule has 0 aliphatic carbocycles. The molecular formula is C14H21ClO3. The first-order valence-electron chi connectivity index (χ1n) is 6.13. The van der Waals surface area contributed by atoms with Gasteiger partial charge in [-0.1, -0.05) is 18.2 Å². The minimum atomic E-state index is 0.464. The van der Waals surface area contributed by atoms with E-state index in [1.54, 1.807) is 7.11 Å². The summed E-state index contributed by atoms with van der Waals surface area (Å²) < 4.78 is 16.1. The van der Waals surface area contributed by atoms with Crippen LogP contribution in [0.5, 0.6) is 5.75 Å². The molecule has 0 fully saturated rings. The van der Waals surface area contributed by atoms with Crippen molar-refractivity contribution in [1.82, 2.24) is 0 Å². The molecule has 1 aromatic rings. The van der Waals surface area contributed by atoms with E-state index in [0.29, 0.717) is 25.7 Å². The number of halogens is 1. The van der Waals surface area contributed by atoms with Crippen molar-refractivity contribution in [2.75, 3.05) is 33.5 Å². The topological polar surface area (TPSA) is 27.7 Å². The molecule has 3 nitrogen and oxygen atoms in total. The zero-order chi connectivity index (χ0) is 13.2. The molecule has 0 saturated carbocycles. The van der Waals surface area contributed by atoms with Gasteiger partial charge in [-0.05, 0) is 18.9 Å². The summed E-state index contributed by atoms with van der Waals surface area (Å²) in [5.74, 6) is 1.35. The Morgan fingerprint density at radius 1 is 1.11 bits per heavy atom. The van der Waals surface area contributed by atoms with Gasteiger partial charge in [-0.25, -0.2) is 0 Å². The number of alkyl halides is 1. The highest BCUT2D eigenvalue weighted by Gasteiger charge is 2.05. The smallest absolute Gasteiger partial charge is 0.126 e. The Kier molecular flexibility index (Phi) is 7.81. The normalized spacial score (nSPS) is 10.6. The van der Waals surface area contributed by atoms with Crippen LogP contribution in [-0.4, -0.2) is 33.5 Å². The maximum atomic E-state index is 5.88. The predicted molar refractivity (Wildman–Crippen MR) is 73.5 cm³/mol. The molecule has 18 heavy (non-hydrogen) atoms. The molecule has 102 valence electrons. The number of ether oxygens (including phenoxy) is 3. The Balaban J connectivity index is 2.26. The zero-order valence-corrected chi connectivity index (χ0v) is 11.8. The molecule has 0 N–H and O–H groups in total. The Hall–Kier alpha value is -0.770. The van der Waals surface area contributed by atoms with Gasteiger partial charge in [0.1, 0.15) is 12.4 Å². The third-order valence-electron chi connectivity index (χ3n) is 2.55. The highest BCUT2D eigenvalue weighted by atomic mass is 35.5. The molecule has 1 rings (SSSR count). The molecule has 1 aromatic carbocycles. The van der Waals surface area contributed by atoms with Gasteiger partial charge in [-0.2, -0.15) is 0 Å². The van der Waals surface area contributed by atoms with Gasteiger partial charge in [0.25, 0.3) is 0 Å². The van der Waals surface area contributed by atoms with E-state index in [2.05, 4.69) is 0 Å². The number of para-hydroxylation sites is 1. The van der Waals surface area contributed by atoms with E-state index in [-0.39, 0.29) is 0 Å². The predicted octanol–water partition coefficient (Wildman–Crippen LogP) is 3.17. The summed E-state index contributed by atoms with van der Waals surface area (Å²) in [6.45, 7) is 4.58. The molecule has 0 atom stereocenters. The van der Waals surface area contributed by atoms with Crippen LogP contribution < -0.4 is 4.74 Å². The second-order valence-electron chi connectivity index (χ2n) is 4.00. The van der Waals surface area contributed by atoms with Crippen molar-refractivity contribution in [3.8, 4) is 5.75 Å². The molecule has 0 spiro atoms. The summed E-state index contributed by atoms with van der Waals surface area (Å²) in [4.78, 5) is 0. The summed E-state index contributed by atoms with van der Waals surface area (Å²) in [6, 6.07) is 5.99. The number of methoxy groups -OCH3 is 1. The van der Waals surface area contributed by atoms with Crippen LogP contribution in [0.3, 0.4) is 0 Å². The number of hydrogen-bond donors (Lipinski definition) is 0. The van der Waals surface area contributed by atoms with Crippen LogP contribution in [0.4, 0.5) is 0 Å². The fourth-order valence-electron chi connectivity index (χ4n) is 1.64. The fourth-order valence-corrected chi connectivity index (χ4v) is 1.85. The fraction of sp³-hybridized carbons (Fsp3) is 0.571. The average molecular weight is 273 g/mol. The van der Waals surface area contributed by atoms with E-state index in [4.69, 9.17) is 25.8 Å². The zero-order valence-electron chi connectivity index (χ0n) is 11.1. The van der Waals surface area contributed by atoms with Gasteiger partial charge in [-0.3, -0.25) is 0 Å². The molecule has 0 heterocycles. The van der Waals surface area contributed by atoms with Gasteiger partial charge >= 0.3 is 0 Å². The largest absolute Gasteiger partial charge is 0.491 e. The molecule has 0 aliphatic rings. The third-order valence-corrected chi connectivity index (χ3v) is 2.84. The van der Waals surface area contributed by atoms with Gasteiger partial charge in [-0.15, -0.1) is 11.6 Å². The third kappa shape index (κ3) is 5.25. The van der Waals surface area contributed by atoms with Crippen molar-refractivity contribution in [3.63, 3.8) is 0 Å². The Morgan fingerprint density at radius 2 is 1.94 bits per heavy atom. The summed E-state index contributed by atoms with van der Waals surface area (Å²) in [5, 5.41) is 0. The highest BCUT2D eigenvalue weighted by Crippen LogP contribution is 2.24. The van der Waals surface area contributed by atoms with E-state index in [0.717, 1.165) is 29.9 Å². The molecule has 0 aliphatic heterocycles. The lowest BCUT2D eigenvalue weighted by Crippen LogP contribution is -2.10. The van der Waals surface area contributed by atoms with Crippen LogP contribution in [0, 0.1) is 6.92 Å². The van der Waals surface area contributed by atoms with Crippen molar-refractivity contribution in [3.05, 3.63) is 29.3 Å². The van der Waals surface area contributed by atoms with Crippen LogP contribution in [0.1, 0.15) is 17.5 Å². The second-order valence-corrected chi connectivity index (χ2v) is 4.27. The Labute approximate surface area is 114 Å². The first kappa shape index (κ1) is 15.3. The maximum Gasteiger partial charge on any atom is 0.126 e. The minimum Gasteiger partial charge on any atom is -0.491 e. The van der Waals surface area contributed by atoms with Crippen molar-refractivity contribution in [1.29, 1.82) is 0 Å². The molecule has 0 aromatic heterocycles. The SMILES string of the molecule is COCCCOCCOc1c(C)cccc1CCl.